The van der Waals surface area contributed by atoms with Crippen molar-refractivity contribution in [3.63, 3.8) is 0 Å². The lowest BCUT2D eigenvalue weighted by Gasteiger charge is -2.31. The molecule has 0 radical (unpaired) electrons. The maximum atomic E-state index is 13.3. The smallest absolute Gasteiger partial charge is 0.243 e. The molecule has 2 heterocycles. The number of hydrogen-bond acceptors (Lipinski definition) is 5. The van der Waals surface area contributed by atoms with E-state index < -0.39 is 15.9 Å². The topological polar surface area (TPSA) is 79.4 Å². The van der Waals surface area contributed by atoms with Gasteiger partial charge in [0, 0.05) is 13.1 Å². The Morgan fingerprint density at radius 2 is 2.00 bits per heavy atom. The van der Waals surface area contributed by atoms with Crippen molar-refractivity contribution in [1.29, 1.82) is 0 Å². The molecular formula is C20H20FN3O3S2. The van der Waals surface area contributed by atoms with E-state index in [2.05, 4.69) is 10.3 Å². The van der Waals surface area contributed by atoms with Gasteiger partial charge in [0.2, 0.25) is 15.9 Å². The van der Waals surface area contributed by atoms with E-state index in [4.69, 9.17) is 0 Å². The third-order valence-electron chi connectivity index (χ3n) is 4.99. The highest BCUT2D eigenvalue weighted by Gasteiger charge is 2.33. The molecule has 152 valence electrons. The van der Waals surface area contributed by atoms with Crippen LogP contribution in [-0.2, 0) is 14.8 Å². The van der Waals surface area contributed by atoms with E-state index in [1.165, 1.54) is 27.8 Å². The highest BCUT2D eigenvalue weighted by molar-refractivity contribution is 7.89. The molecule has 1 aliphatic heterocycles. The monoisotopic (exact) mass is 433 g/mol. The van der Waals surface area contributed by atoms with E-state index in [9.17, 15) is 17.6 Å². The molecule has 1 atom stereocenters. The summed E-state index contributed by atoms with van der Waals surface area (Å²) in [4.78, 5) is 17.3. The molecule has 29 heavy (non-hydrogen) atoms. The number of nitrogens with zero attached hydrogens (tertiary/aromatic N) is 2. The first-order valence-electron chi connectivity index (χ1n) is 9.27. The number of anilines is 1. The van der Waals surface area contributed by atoms with Gasteiger partial charge in [0.05, 0.1) is 21.0 Å². The van der Waals surface area contributed by atoms with Crippen LogP contribution < -0.4 is 5.32 Å². The number of rotatable bonds is 4. The molecule has 0 aliphatic carbocycles. The lowest BCUT2D eigenvalue weighted by atomic mass is 9.99. The van der Waals surface area contributed by atoms with Gasteiger partial charge in [0.15, 0.2) is 5.13 Å². The van der Waals surface area contributed by atoms with Crippen molar-refractivity contribution in [1.82, 2.24) is 9.29 Å². The summed E-state index contributed by atoms with van der Waals surface area (Å²) in [5.74, 6) is -1.09. The van der Waals surface area contributed by atoms with Gasteiger partial charge in [-0.1, -0.05) is 29.0 Å². The fourth-order valence-electron chi connectivity index (χ4n) is 3.39. The second kappa shape index (κ2) is 7.81. The predicted molar refractivity (Wildman–Crippen MR) is 111 cm³/mol. The number of fused-ring (bicyclic) bond motifs is 1. The van der Waals surface area contributed by atoms with Crippen molar-refractivity contribution >= 4 is 42.6 Å². The van der Waals surface area contributed by atoms with Crippen LogP contribution in [0.25, 0.3) is 10.2 Å². The molecule has 4 rings (SSSR count). The van der Waals surface area contributed by atoms with Crippen LogP contribution in [0, 0.1) is 18.7 Å². The van der Waals surface area contributed by atoms with Gasteiger partial charge in [0.25, 0.3) is 0 Å². The Morgan fingerprint density at radius 1 is 1.24 bits per heavy atom. The largest absolute Gasteiger partial charge is 0.302 e. The van der Waals surface area contributed by atoms with E-state index in [0.717, 1.165) is 5.56 Å². The molecule has 0 bridgehead atoms. The molecule has 3 aromatic rings. The number of thiazole rings is 1. The Bertz CT molecular complexity index is 1160. The molecule has 6 nitrogen and oxygen atoms in total. The first-order chi connectivity index (χ1) is 13.8. The van der Waals surface area contributed by atoms with Crippen LogP contribution >= 0.6 is 11.3 Å². The molecule has 1 fully saturated rings. The molecule has 1 amide bonds. The van der Waals surface area contributed by atoms with Crippen molar-refractivity contribution < 1.29 is 17.6 Å². The average Bonchev–Trinajstić information content (AvgIpc) is 3.09. The Morgan fingerprint density at radius 3 is 2.76 bits per heavy atom. The van der Waals surface area contributed by atoms with Crippen molar-refractivity contribution in [2.75, 3.05) is 18.4 Å². The Balaban J connectivity index is 1.48. The minimum Gasteiger partial charge on any atom is -0.302 e. The van der Waals surface area contributed by atoms with E-state index >= 15 is 0 Å². The van der Waals surface area contributed by atoms with Gasteiger partial charge >= 0.3 is 0 Å². The van der Waals surface area contributed by atoms with Gasteiger partial charge in [-0.3, -0.25) is 4.79 Å². The number of benzene rings is 2. The summed E-state index contributed by atoms with van der Waals surface area (Å²) in [5.41, 5.74) is 1.59. The standard InChI is InChI=1S/C20H20FN3O3S2/c1-13-4-7-16(8-5-13)29(26,27)24-10-2-3-14(12-24)19(25)23-20-22-17-9-6-15(21)11-18(17)28-20/h4-9,11,14H,2-3,10,12H2,1H3,(H,22,23,25). The maximum Gasteiger partial charge on any atom is 0.243 e. The summed E-state index contributed by atoms with van der Waals surface area (Å²) in [7, 11) is -3.64. The first-order valence-corrected chi connectivity index (χ1v) is 11.5. The lowest BCUT2D eigenvalue weighted by molar-refractivity contribution is -0.120. The number of carbonyl (C=O) groups is 1. The number of hydrogen-bond donors (Lipinski definition) is 1. The molecule has 1 saturated heterocycles. The van der Waals surface area contributed by atoms with E-state index in [-0.39, 0.29) is 23.2 Å². The predicted octanol–water partition coefficient (Wildman–Crippen LogP) is 3.78. The quantitative estimate of drug-likeness (QED) is 0.679. The Labute approximate surface area is 172 Å². The summed E-state index contributed by atoms with van der Waals surface area (Å²) in [6.07, 6.45) is 1.21. The number of sulfonamides is 1. The van der Waals surface area contributed by atoms with Gasteiger partial charge in [-0.05, 0) is 50.1 Å². The minimum atomic E-state index is -3.64. The van der Waals surface area contributed by atoms with E-state index in [1.54, 1.807) is 30.3 Å². The second-order valence-corrected chi connectivity index (χ2v) is 10.1. The van der Waals surface area contributed by atoms with Gasteiger partial charge in [-0.2, -0.15) is 4.31 Å². The number of aryl methyl sites for hydroxylation is 1. The highest BCUT2D eigenvalue weighted by atomic mass is 32.2. The van der Waals surface area contributed by atoms with Crippen LogP contribution in [0.3, 0.4) is 0 Å². The summed E-state index contributed by atoms with van der Waals surface area (Å²) >= 11 is 1.19. The zero-order chi connectivity index (χ0) is 20.6. The van der Waals surface area contributed by atoms with E-state index in [1.807, 2.05) is 6.92 Å². The zero-order valence-corrected chi connectivity index (χ0v) is 17.4. The van der Waals surface area contributed by atoms with Crippen LogP contribution in [0.4, 0.5) is 9.52 Å². The van der Waals surface area contributed by atoms with Crippen molar-refractivity contribution in [2.45, 2.75) is 24.7 Å². The van der Waals surface area contributed by atoms with Crippen molar-refractivity contribution in [3.05, 3.63) is 53.8 Å². The average molecular weight is 434 g/mol. The van der Waals surface area contributed by atoms with Crippen LogP contribution in [0.5, 0.6) is 0 Å². The first kappa shape index (κ1) is 19.9. The summed E-state index contributed by atoms with van der Waals surface area (Å²) in [5, 5.41) is 3.15. The molecule has 1 aromatic heterocycles. The maximum absolute atomic E-state index is 13.3. The van der Waals surface area contributed by atoms with Gasteiger partial charge in [0.1, 0.15) is 5.82 Å². The van der Waals surface area contributed by atoms with Crippen molar-refractivity contribution in [2.24, 2.45) is 5.92 Å². The molecule has 2 aromatic carbocycles. The highest BCUT2D eigenvalue weighted by Crippen LogP contribution is 2.29. The van der Waals surface area contributed by atoms with Crippen LogP contribution in [0.1, 0.15) is 18.4 Å². The van der Waals surface area contributed by atoms with Crippen LogP contribution in [-0.4, -0.2) is 36.7 Å². The fourth-order valence-corrected chi connectivity index (χ4v) is 5.81. The van der Waals surface area contributed by atoms with Crippen LogP contribution in [0.15, 0.2) is 47.4 Å². The summed E-state index contributed by atoms with van der Waals surface area (Å²) < 4.78 is 41.2. The Kier molecular flexibility index (Phi) is 5.37. The van der Waals surface area contributed by atoms with Gasteiger partial charge in [-0.15, -0.1) is 0 Å². The normalized spacial score (nSPS) is 18.1. The SMILES string of the molecule is Cc1ccc(S(=O)(=O)N2CCCC(C(=O)Nc3nc4ccc(F)cc4s3)C2)cc1. The second-order valence-electron chi connectivity index (χ2n) is 7.14. The number of halogens is 1. The zero-order valence-electron chi connectivity index (χ0n) is 15.8. The third kappa shape index (κ3) is 4.17. The fraction of sp³-hybridized carbons (Fsp3) is 0.300. The number of aromatic nitrogens is 1. The third-order valence-corrected chi connectivity index (χ3v) is 7.81. The Hall–Kier alpha value is -2.36. The van der Waals surface area contributed by atoms with E-state index in [0.29, 0.717) is 34.7 Å². The number of piperidine rings is 1. The van der Waals surface area contributed by atoms with Crippen LogP contribution in [0.2, 0.25) is 0 Å². The molecular weight excluding hydrogens is 413 g/mol. The van der Waals surface area contributed by atoms with Gasteiger partial charge in [-0.25, -0.2) is 17.8 Å². The summed E-state index contributed by atoms with van der Waals surface area (Å²) in [6.45, 7) is 2.41. The molecule has 1 aliphatic rings. The molecule has 1 N–H and O–H groups in total. The molecule has 1 unspecified atom stereocenters. The van der Waals surface area contributed by atoms with Gasteiger partial charge < -0.3 is 5.32 Å². The molecule has 9 heteroatoms. The summed E-state index contributed by atoms with van der Waals surface area (Å²) in [6, 6.07) is 11.0. The minimum absolute atomic E-state index is 0.127. The van der Waals surface area contributed by atoms with Crippen molar-refractivity contribution in [3.8, 4) is 0 Å². The number of carbonyl (C=O) groups excluding carboxylic acids is 1. The molecule has 0 spiro atoms. The number of amides is 1. The molecule has 0 saturated carbocycles. The lowest BCUT2D eigenvalue weighted by Crippen LogP contribution is -2.43. The number of nitrogens with one attached hydrogen (secondary N) is 1.